The largest absolute Gasteiger partial charge is 0.298 e. The van der Waals surface area contributed by atoms with E-state index < -0.39 is 0 Å². The number of benzene rings is 1. The first-order valence-electron chi connectivity index (χ1n) is 6.41. The Morgan fingerprint density at radius 1 is 1.17 bits per heavy atom. The third-order valence-electron chi connectivity index (χ3n) is 3.74. The molecule has 0 radical (unpaired) electrons. The molecule has 1 heterocycles. The van der Waals surface area contributed by atoms with Gasteiger partial charge in [-0.2, -0.15) is 0 Å². The van der Waals surface area contributed by atoms with Crippen LogP contribution in [0.2, 0.25) is 0 Å². The summed E-state index contributed by atoms with van der Waals surface area (Å²) in [6, 6.07) is 8.15. The molecule has 3 rings (SSSR count). The molecule has 2 unspecified atom stereocenters. The number of amides is 2. The number of nitrogens with one attached hydrogen (secondary N) is 2. The van der Waals surface area contributed by atoms with E-state index in [1.54, 1.807) is 0 Å². The number of imide groups is 1. The second kappa shape index (κ2) is 4.53. The lowest BCUT2D eigenvalue weighted by Gasteiger charge is -2.28. The van der Waals surface area contributed by atoms with E-state index in [1.807, 2.05) is 12.1 Å². The van der Waals surface area contributed by atoms with Crippen LogP contribution in [-0.2, 0) is 16.0 Å². The molecule has 2 atom stereocenters. The van der Waals surface area contributed by atoms with Crippen molar-refractivity contribution in [2.45, 2.75) is 37.8 Å². The van der Waals surface area contributed by atoms with Crippen molar-refractivity contribution in [2.75, 3.05) is 0 Å². The molecule has 2 amide bonds. The maximum atomic E-state index is 11.6. The first-order valence-corrected chi connectivity index (χ1v) is 6.41. The standard InChI is InChI=1S/C14H16N2O2/c17-13-8-12(14(18)16-13)15-11-7-3-5-9-4-1-2-6-10(9)11/h1-2,4,6,11-12,15H,3,5,7-8H2,(H,16,17,18). The molecule has 0 bridgehead atoms. The van der Waals surface area contributed by atoms with Gasteiger partial charge in [-0.05, 0) is 30.4 Å². The van der Waals surface area contributed by atoms with Crippen molar-refractivity contribution >= 4 is 11.8 Å². The second-order valence-corrected chi connectivity index (χ2v) is 4.98. The zero-order valence-electron chi connectivity index (χ0n) is 10.1. The summed E-state index contributed by atoms with van der Waals surface area (Å²) in [6.07, 6.45) is 3.51. The summed E-state index contributed by atoms with van der Waals surface area (Å²) in [5.41, 5.74) is 2.63. The van der Waals surface area contributed by atoms with Gasteiger partial charge in [-0.3, -0.25) is 20.2 Å². The molecule has 1 aliphatic heterocycles. The molecule has 1 aliphatic carbocycles. The minimum Gasteiger partial charge on any atom is -0.298 e. The summed E-state index contributed by atoms with van der Waals surface area (Å²) < 4.78 is 0. The third-order valence-corrected chi connectivity index (χ3v) is 3.74. The molecular weight excluding hydrogens is 228 g/mol. The lowest BCUT2D eigenvalue weighted by molar-refractivity contribution is -0.125. The molecule has 2 N–H and O–H groups in total. The average Bonchev–Trinajstić information content (AvgIpc) is 2.68. The van der Waals surface area contributed by atoms with E-state index in [0.29, 0.717) is 0 Å². The van der Waals surface area contributed by atoms with Gasteiger partial charge in [0.05, 0.1) is 12.5 Å². The van der Waals surface area contributed by atoms with Crippen LogP contribution in [0.1, 0.15) is 36.4 Å². The van der Waals surface area contributed by atoms with E-state index in [2.05, 4.69) is 22.8 Å². The van der Waals surface area contributed by atoms with E-state index in [0.717, 1.165) is 19.3 Å². The van der Waals surface area contributed by atoms with Gasteiger partial charge < -0.3 is 0 Å². The number of aryl methyl sites for hydroxylation is 1. The lowest BCUT2D eigenvalue weighted by Crippen LogP contribution is -2.39. The van der Waals surface area contributed by atoms with Crippen LogP contribution >= 0.6 is 0 Å². The highest BCUT2D eigenvalue weighted by Crippen LogP contribution is 2.30. The number of rotatable bonds is 2. The highest BCUT2D eigenvalue weighted by atomic mass is 16.2. The molecule has 1 aromatic carbocycles. The predicted octanol–water partition coefficient (Wildman–Crippen LogP) is 1.07. The summed E-state index contributed by atoms with van der Waals surface area (Å²) in [5, 5.41) is 5.66. The lowest BCUT2D eigenvalue weighted by atomic mass is 9.87. The van der Waals surface area contributed by atoms with Crippen LogP contribution in [0.3, 0.4) is 0 Å². The smallest absolute Gasteiger partial charge is 0.244 e. The normalized spacial score (nSPS) is 26.9. The number of carbonyl (C=O) groups excluding carboxylic acids is 2. The van der Waals surface area contributed by atoms with Crippen LogP contribution in [-0.4, -0.2) is 17.9 Å². The van der Waals surface area contributed by atoms with Gasteiger partial charge in [-0.25, -0.2) is 0 Å². The molecule has 0 spiro atoms. The molecule has 2 aliphatic rings. The zero-order valence-corrected chi connectivity index (χ0v) is 10.1. The molecule has 4 heteroatoms. The molecule has 1 saturated heterocycles. The van der Waals surface area contributed by atoms with Crippen molar-refractivity contribution in [1.29, 1.82) is 0 Å². The van der Waals surface area contributed by atoms with Crippen molar-refractivity contribution in [3.8, 4) is 0 Å². The Hall–Kier alpha value is -1.68. The van der Waals surface area contributed by atoms with Crippen molar-refractivity contribution in [3.63, 3.8) is 0 Å². The highest BCUT2D eigenvalue weighted by Gasteiger charge is 2.33. The van der Waals surface area contributed by atoms with Gasteiger partial charge >= 0.3 is 0 Å². The number of hydrogen-bond donors (Lipinski definition) is 2. The fourth-order valence-corrected chi connectivity index (χ4v) is 2.86. The topological polar surface area (TPSA) is 58.2 Å². The summed E-state index contributed by atoms with van der Waals surface area (Å²) in [7, 11) is 0. The Bertz CT molecular complexity index is 498. The molecule has 0 saturated carbocycles. The molecule has 1 aromatic rings. The Labute approximate surface area is 106 Å². The van der Waals surface area contributed by atoms with E-state index in [1.165, 1.54) is 11.1 Å². The minimum atomic E-state index is -0.367. The van der Waals surface area contributed by atoms with Gasteiger partial charge in [0.15, 0.2) is 0 Å². The van der Waals surface area contributed by atoms with Gasteiger partial charge in [-0.15, -0.1) is 0 Å². The summed E-state index contributed by atoms with van der Waals surface area (Å²) in [6.45, 7) is 0. The van der Waals surface area contributed by atoms with Crippen molar-refractivity contribution < 1.29 is 9.59 Å². The van der Waals surface area contributed by atoms with Crippen LogP contribution in [0, 0.1) is 0 Å². The monoisotopic (exact) mass is 244 g/mol. The quantitative estimate of drug-likeness (QED) is 0.765. The van der Waals surface area contributed by atoms with Crippen LogP contribution in [0.4, 0.5) is 0 Å². The fraction of sp³-hybridized carbons (Fsp3) is 0.429. The Morgan fingerprint density at radius 3 is 2.78 bits per heavy atom. The highest BCUT2D eigenvalue weighted by molar-refractivity contribution is 6.05. The fourth-order valence-electron chi connectivity index (χ4n) is 2.86. The Morgan fingerprint density at radius 2 is 2.00 bits per heavy atom. The van der Waals surface area contributed by atoms with Crippen LogP contribution in [0.15, 0.2) is 24.3 Å². The molecule has 0 aromatic heterocycles. The van der Waals surface area contributed by atoms with E-state index in [-0.39, 0.29) is 30.3 Å². The van der Waals surface area contributed by atoms with Gasteiger partial charge in [0.2, 0.25) is 11.8 Å². The summed E-state index contributed by atoms with van der Waals surface area (Å²) in [4.78, 5) is 22.8. The van der Waals surface area contributed by atoms with E-state index in [9.17, 15) is 9.59 Å². The Balaban J connectivity index is 1.78. The number of carbonyl (C=O) groups is 2. The van der Waals surface area contributed by atoms with Gasteiger partial charge in [0, 0.05) is 6.04 Å². The Kier molecular flexibility index (Phi) is 2.88. The number of fused-ring (bicyclic) bond motifs is 1. The first-order chi connectivity index (χ1) is 8.74. The van der Waals surface area contributed by atoms with E-state index in [4.69, 9.17) is 0 Å². The molecule has 18 heavy (non-hydrogen) atoms. The first kappa shape index (κ1) is 11.4. The maximum absolute atomic E-state index is 11.6. The van der Waals surface area contributed by atoms with Crippen LogP contribution < -0.4 is 10.6 Å². The van der Waals surface area contributed by atoms with Crippen molar-refractivity contribution in [1.82, 2.24) is 10.6 Å². The molecule has 94 valence electrons. The molecule has 4 nitrogen and oxygen atoms in total. The summed E-state index contributed by atoms with van der Waals surface area (Å²) >= 11 is 0. The maximum Gasteiger partial charge on any atom is 0.244 e. The zero-order chi connectivity index (χ0) is 12.5. The van der Waals surface area contributed by atoms with Crippen molar-refractivity contribution in [3.05, 3.63) is 35.4 Å². The van der Waals surface area contributed by atoms with Gasteiger partial charge in [-0.1, -0.05) is 24.3 Å². The van der Waals surface area contributed by atoms with Gasteiger partial charge in [0.25, 0.3) is 0 Å². The number of hydrogen-bond acceptors (Lipinski definition) is 3. The SMILES string of the molecule is O=C1CC(NC2CCCc3ccccc32)C(=O)N1. The van der Waals surface area contributed by atoms with Gasteiger partial charge in [0.1, 0.15) is 0 Å². The van der Waals surface area contributed by atoms with Crippen LogP contribution in [0.5, 0.6) is 0 Å². The summed E-state index contributed by atoms with van der Waals surface area (Å²) in [5.74, 6) is -0.371. The minimum absolute atomic E-state index is 0.179. The third kappa shape index (κ3) is 2.04. The average molecular weight is 244 g/mol. The molecule has 1 fully saturated rings. The predicted molar refractivity (Wildman–Crippen MR) is 66.8 cm³/mol. The molecular formula is C14H16N2O2. The van der Waals surface area contributed by atoms with E-state index >= 15 is 0 Å². The second-order valence-electron chi connectivity index (χ2n) is 4.98. The van der Waals surface area contributed by atoms with Crippen molar-refractivity contribution in [2.24, 2.45) is 0 Å². The van der Waals surface area contributed by atoms with Crippen LogP contribution in [0.25, 0.3) is 0 Å².